The van der Waals surface area contributed by atoms with E-state index >= 15 is 0 Å². The average Bonchev–Trinajstić information content (AvgIpc) is 1.80. The summed E-state index contributed by atoms with van der Waals surface area (Å²) in [5, 5.41) is 8.42. The van der Waals surface area contributed by atoms with Crippen molar-refractivity contribution < 1.29 is 14.3 Å². The van der Waals surface area contributed by atoms with Crippen LogP contribution >= 0.6 is 0 Å². The molecule has 1 saturated heterocycles. The van der Waals surface area contributed by atoms with Crippen LogP contribution in [0, 0.1) is 0 Å². The minimum absolute atomic E-state index is 0.271. The molecule has 3 nitrogen and oxygen atoms in total. The normalized spacial score (nSPS) is 33.4. The minimum atomic E-state index is -1.17. The van der Waals surface area contributed by atoms with Gasteiger partial charge in [-0.2, -0.15) is 0 Å². The molecule has 1 aliphatic rings. The maximum Gasteiger partial charge on any atom is 0.324 e. The van der Waals surface area contributed by atoms with Gasteiger partial charge in [0.05, 0.1) is 0 Å². The molecule has 4 heteroatoms. The number of carboxylic acids is 1. The molecular weight excluding hydrogens is 137 g/mol. The van der Waals surface area contributed by atoms with E-state index in [2.05, 4.69) is 0 Å². The number of alkyl halides is 1. The molecule has 0 saturated carbocycles. The summed E-state index contributed by atoms with van der Waals surface area (Å²) in [6.07, 6.45) is -1.17. The molecule has 0 amide bonds. The molecule has 0 aliphatic carbocycles. The third-order valence-electron chi connectivity index (χ3n) is 1.80. The van der Waals surface area contributed by atoms with E-state index < -0.39 is 18.2 Å². The number of nitrogens with zero attached hydrogens (tertiary/aromatic N) is 1. The Bertz CT molecular complexity index is 151. The SMILES string of the molecule is CCN1CC(F)C1C(=O)O. The van der Waals surface area contributed by atoms with Crippen LogP contribution in [0.2, 0.25) is 0 Å². The van der Waals surface area contributed by atoms with E-state index in [0.717, 1.165) is 0 Å². The molecule has 2 atom stereocenters. The molecule has 1 N–H and O–H groups in total. The molecule has 0 aromatic heterocycles. The zero-order valence-electron chi connectivity index (χ0n) is 5.75. The number of carbonyl (C=O) groups is 1. The van der Waals surface area contributed by atoms with E-state index in [1.54, 1.807) is 4.90 Å². The Morgan fingerprint density at radius 2 is 2.50 bits per heavy atom. The maximum atomic E-state index is 12.4. The topological polar surface area (TPSA) is 40.5 Å². The molecular formula is C6H10FNO2. The zero-order valence-corrected chi connectivity index (χ0v) is 5.75. The molecule has 1 aliphatic heterocycles. The summed E-state index contributed by atoms with van der Waals surface area (Å²) in [6.45, 7) is 2.70. The quantitative estimate of drug-likeness (QED) is 0.602. The van der Waals surface area contributed by atoms with Crippen LogP contribution in [-0.2, 0) is 4.79 Å². The fourth-order valence-electron chi connectivity index (χ4n) is 1.16. The summed E-state index contributed by atoms with van der Waals surface area (Å²) in [7, 11) is 0. The van der Waals surface area contributed by atoms with E-state index in [1.165, 1.54) is 0 Å². The Morgan fingerprint density at radius 3 is 2.70 bits per heavy atom. The first-order valence-electron chi connectivity index (χ1n) is 3.27. The van der Waals surface area contributed by atoms with Gasteiger partial charge in [0.2, 0.25) is 0 Å². The predicted octanol–water partition coefficient (Wildman–Crippen LogP) is 0.113. The molecule has 58 valence electrons. The number of likely N-dealkylation sites (N-methyl/N-ethyl adjacent to an activating group) is 1. The number of carboxylic acid groups (broad SMARTS) is 1. The largest absolute Gasteiger partial charge is 0.480 e. The van der Waals surface area contributed by atoms with Crippen molar-refractivity contribution in [3.05, 3.63) is 0 Å². The number of halogens is 1. The second kappa shape index (κ2) is 2.54. The highest BCUT2D eigenvalue weighted by atomic mass is 19.1. The van der Waals surface area contributed by atoms with Crippen LogP contribution < -0.4 is 0 Å². The monoisotopic (exact) mass is 147 g/mol. The van der Waals surface area contributed by atoms with Crippen LogP contribution in [0.5, 0.6) is 0 Å². The standard InChI is InChI=1S/C6H10FNO2/c1-2-8-3-4(7)5(8)6(9)10/h4-5H,2-3H2,1H3,(H,9,10). The lowest BCUT2D eigenvalue weighted by atomic mass is 10.0. The number of aliphatic carboxylic acids is 1. The summed E-state index contributed by atoms with van der Waals surface area (Å²) in [5.74, 6) is -1.06. The maximum absolute atomic E-state index is 12.4. The number of rotatable bonds is 2. The van der Waals surface area contributed by atoms with Crippen molar-refractivity contribution in [3.63, 3.8) is 0 Å². The highest BCUT2D eigenvalue weighted by Gasteiger charge is 2.43. The van der Waals surface area contributed by atoms with Crippen LogP contribution in [0.4, 0.5) is 4.39 Å². The summed E-state index contributed by atoms with van der Waals surface area (Å²) in [5.41, 5.74) is 0. The first-order valence-corrected chi connectivity index (χ1v) is 3.27. The molecule has 1 heterocycles. The fraction of sp³-hybridized carbons (Fsp3) is 0.833. The van der Waals surface area contributed by atoms with Gasteiger partial charge in [-0.1, -0.05) is 6.92 Å². The predicted molar refractivity (Wildman–Crippen MR) is 33.6 cm³/mol. The zero-order chi connectivity index (χ0) is 7.72. The van der Waals surface area contributed by atoms with E-state index in [9.17, 15) is 9.18 Å². The van der Waals surface area contributed by atoms with Gasteiger partial charge in [0.25, 0.3) is 0 Å². The Labute approximate surface area is 58.4 Å². The van der Waals surface area contributed by atoms with Crippen molar-refractivity contribution in [2.75, 3.05) is 13.1 Å². The minimum Gasteiger partial charge on any atom is -0.480 e. The van der Waals surface area contributed by atoms with E-state index in [4.69, 9.17) is 5.11 Å². The van der Waals surface area contributed by atoms with Gasteiger partial charge in [0.15, 0.2) is 0 Å². The van der Waals surface area contributed by atoms with E-state index in [-0.39, 0.29) is 6.54 Å². The molecule has 1 rings (SSSR count). The van der Waals surface area contributed by atoms with Crippen LogP contribution in [0.15, 0.2) is 0 Å². The van der Waals surface area contributed by atoms with Crippen molar-refractivity contribution >= 4 is 5.97 Å². The molecule has 10 heavy (non-hydrogen) atoms. The van der Waals surface area contributed by atoms with Crippen molar-refractivity contribution in [1.29, 1.82) is 0 Å². The van der Waals surface area contributed by atoms with Gasteiger partial charge >= 0.3 is 5.97 Å². The van der Waals surface area contributed by atoms with Crippen molar-refractivity contribution in [3.8, 4) is 0 Å². The average molecular weight is 147 g/mol. The number of hydrogen-bond acceptors (Lipinski definition) is 2. The van der Waals surface area contributed by atoms with Gasteiger partial charge in [0, 0.05) is 6.54 Å². The smallest absolute Gasteiger partial charge is 0.324 e. The molecule has 1 fully saturated rings. The lowest BCUT2D eigenvalue weighted by Crippen LogP contribution is -2.61. The van der Waals surface area contributed by atoms with Crippen molar-refractivity contribution in [1.82, 2.24) is 4.90 Å². The first-order chi connectivity index (χ1) is 4.66. The second-order valence-corrected chi connectivity index (χ2v) is 2.39. The van der Waals surface area contributed by atoms with Gasteiger partial charge in [-0.05, 0) is 6.54 Å². The summed E-state index contributed by atoms with van der Waals surface area (Å²) in [6, 6.07) is -0.884. The summed E-state index contributed by atoms with van der Waals surface area (Å²) >= 11 is 0. The lowest BCUT2D eigenvalue weighted by molar-refractivity contribution is -0.154. The van der Waals surface area contributed by atoms with Gasteiger partial charge in [0.1, 0.15) is 12.2 Å². The first kappa shape index (κ1) is 7.47. The van der Waals surface area contributed by atoms with Gasteiger partial charge in [-0.3, -0.25) is 9.69 Å². The fourth-order valence-corrected chi connectivity index (χ4v) is 1.16. The Hall–Kier alpha value is -0.640. The molecule has 2 unspecified atom stereocenters. The van der Waals surface area contributed by atoms with E-state index in [1.807, 2.05) is 6.92 Å². The third kappa shape index (κ3) is 0.988. The van der Waals surface area contributed by atoms with Crippen LogP contribution in [-0.4, -0.2) is 41.3 Å². The van der Waals surface area contributed by atoms with Crippen LogP contribution in [0.3, 0.4) is 0 Å². The third-order valence-corrected chi connectivity index (χ3v) is 1.80. The second-order valence-electron chi connectivity index (χ2n) is 2.39. The molecule has 0 spiro atoms. The Morgan fingerprint density at radius 1 is 1.90 bits per heavy atom. The van der Waals surface area contributed by atoms with Gasteiger partial charge in [-0.25, -0.2) is 4.39 Å². The molecule has 0 bridgehead atoms. The van der Waals surface area contributed by atoms with Gasteiger partial charge < -0.3 is 5.11 Å². The van der Waals surface area contributed by atoms with E-state index in [0.29, 0.717) is 6.54 Å². The van der Waals surface area contributed by atoms with Crippen LogP contribution in [0.25, 0.3) is 0 Å². The lowest BCUT2D eigenvalue weighted by Gasteiger charge is -2.40. The Kier molecular flexibility index (Phi) is 1.89. The highest BCUT2D eigenvalue weighted by Crippen LogP contribution is 2.20. The van der Waals surface area contributed by atoms with Gasteiger partial charge in [-0.15, -0.1) is 0 Å². The molecule has 0 aromatic rings. The molecule has 0 aromatic carbocycles. The summed E-state index contributed by atoms with van der Waals surface area (Å²) in [4.78, 5) is 11.9. The van der Waals surface area contributed by atoms with Crippen molar-refractivity contribution in [2.45, 2.75) is 19.1 Å². The van der Waals surface area contributed by atoms with Crippen molar-refractivity contribution in [2.24, 2.45) is 0 Å². The summed E-state index contributed by atoms with van der Waals surface area (Å²) < 4.78 is 12.4. The Balaban J connectivity index is 2.48. The van der Waals surface area contributed by atoms with Crippen LogP contribution in [0.1, 0.15) is 6.92 Å². The number of hydrogen-bond donors (Lipinski definition) is 1. The number of likely N-dealkylation sites (tertiary alicyclic amines) is 1. The molecule has 0 radical (unpaired) electrons. The highest BCUT2D eigenvalue weighted by molar-refractivity contribution is 5.75.